The SMILES string of the molecule is CC1(Cc2cncnc2)C(=O)Nc2c(-c3ccncc3)cc(-c3ccc(F)c(Cl)c3)cc21. The Hall–Kier alpha value is -3.64. The minimum absolute atomic E-state index is 0.0480. The molecule has 158 valence electrons. The molecule has 0 fully saturated rings. The summed E-state index contributed by atoms with van der Waals surface area (Å²) in [6.45, 7) is 1.92. The van der Waals surface area contributed by atoms with Crippen molar-refractivity contribution in [2.24, 2.45) is 0 Å². The highest BCUT2D eigenvalue weighted by molar-refractivity contribution is 6.31. The number of halogens is 2. The molecule has 5 nitrogen and oxygen atoms in total. The molecule has 0 saturated carbocycles. The van der Waals surface area contributed by atoms with Crippen LogP contribution in [0.5, 0.6) is 0 Å². The van der Waals surface area contributed by atoms with Gasteiger partial charge < -0.3 is 5.32 Å². The van der Waals surface area contributed by atoms with Gasteiger partial charge in [-0.2, -0.15) is 0 Å². The van der Waals surface area contributed by atoms with E-state index in [4.69, 9.17) is 11.6 Å². The van der Waals surface area contributed by atoms with E-state index in [0.29, 0.717) is 6.42 Å². The fourth-order valence-corrected chi connectivity index (χ4v) is 4.37. The summed E-state index contributed by atoms with van der Waals surface area (Å²) < 4.78 is 13.8. The van der Waals surface area contributed by atoms with Crippen LogP contribution in [0.2, 0.25) is 5.02 Å². The molecule has 32 heavy (non-hydrogen) atoms. The largest absolute Gasteiger partial charge is 0.324 e. The average molecular weight is 445 g/mol. The van der Waals surface area contributed by atoms with E-state index in [1.54, 1.807) is 36.9 Å². The first kappa shape index (κ1) is 20.3. The Morgan fingerprint density at radius 2 is 1.72 bits per heavy atom. The molecule has 3 heterocycles. The molecule has 0 spiro atoms. The molecule has 2 aromatic carbocycles. The van der Waals surface area contributed by atoms with Crippen molar-refractivity contribution in [1.29, 1.82) is 0 Å². The maximum atomic E-state index is 13.8. The molecular weight excluding hydrogens is 427 g/mol. The number of anilines is 1. The van der Waals surface area contributed by atoms with Crippen LogP contribution in [0, 0.1) is 5.82 Å². The van der Waals surface area contributed by atoms with Crippen LogP contribution in [0.15, 0.2) is 73.6 Å². The van der Waals surface area contributed by atoms with Crippen molar-refractivity contribution < 1.29 is 9.18 Å². The number of amides is 1. The number of rotatable bonds is 4. The highest BCUT2D eigenvalue weighted by Gasteiger charge is 2.44. The van der Waals surface area contributed by atoms with Crippen LogP contribution in [0.4, 0.5) is 10.1 Å². The van der Waals surface area contributed by atoms with Crippen molar-refractivity contribution >= 4 is 23.2 Å². The van der Waals surface area contributed by atoms with E-state index >= 15 is 0 Å². The summed E-state index contributed by atoms with van der Waals surface area (Å²) in [7, 11) is 0. The molecule has 0 aliphatic carbocycles. The summed E-state index contributed by atoms with van der Waals surface area (Å²) in [5.74, 6) is -0.572. The Bertz CT molecular complexity index is 1330. The van der Waals surface area contributed by atoms with Crippen molar-refractivity contribution in [3.8, 4) is 22.3 Å². The summed E-state index contributed by atoms with van der Waals surface area (Å²) in [5.41, 5.74) is 5.03. The summed E-state index contributed by atoms with van der Waals surface area (Å²) in [6.07, 6.45) is 8.76. The average Bonchev–Trinajstić information content (AvgIpc) is 3.06. The lowest BCUT2D eigenvalue weighted by molar-refractivity contribution is -0.120. The van der Waals surface area contributed by atoms with Gasteiger partial charge in [0.15, 0.2) is 0 Å². The van der Waals surface area contributed by atoms with Crippen LogP contribution in [0.3, 0.4) is 0 Å². The van der Waals surface area contributed by atoms with E-state index in [-0.39, 0.29) is 10.9 Å². The predicted octanol–water partition coefficient (Wildman–Crippen LogP) is 5.45. The molecule has 1 unspecified atom stereocenters. The number of nitrogens with zero attached hydrogens (tertiary/aromatic N) is 3. The number of aromatic nitrogens is 3. The predicted molar refractivity (Wildman–Crippen MR) is 122 cm³/mol. The Kier molecular flexibility index (Phi) is 4.94. The third kappa shape index (κ3) is 3.42. The molecular formula is C25H18ClFN4O. The molecule has 1 N–H and O–H groups in total. The number of carbonyl (C=O) groups excluding carboxylic acids is 1. The van der Waals surface area contributed by atoms with Crippen molar-refractivity contribution in [2.75, 3.05) is 5.32 Å². The Labute approximate surface area is 189 Å². The lowest BCUT2D eigenvalue weighted by Gasteiger charge is -2.23. The van der Waals surface area contributed by atoms with Crippen molar-refractivity contribution in [3.63, 3.8) is 0 Å². The Morgan fingerprint density at radius 3 is 2.44 bits per heavy atom. The topological polar surface area (TPSA) is 67.8 Å². The minimum atomic E-state index is -0.832. The first-order chi connectivity index (χ1) is 15.5. The molecule has 4 aromatic rings. The zero-order valence-corrected chi connectivity index (χ0v) is 17.9. The van der Waals surface area contributed by atoms with Gasteiger partial charge in [-0.1, -0.05) is 17.7 Å². The number of pyridine rings is 1. The van der Waals surface area contributed by atoms with Crippen LogP contribution in [0.1, 0.15) is 18.1 Å². The Morgan fingerprint density at radius 1 is 0.969 bits per heavy atom. The third-order valence-corrected chi connectivity index (χ3v) is 6.18. The van der Waals surface area contributed by atoms with E-state index in [1.807, 2.05) is 31.2 Å². The summed E-state index contributed by atoms with van der Waals surface area (Å²) in [6, 6.07) is 12.4. The first-order valence-corrected chi connectivity index (χ1v) is 10.4. The zero-order valence-electron chi connectivity index (χ0n) is 17.1. The van der Waals surface area contributed by atoms with Crippen molar-refractivity contribution in [3.05, 3.63) is 95.5 Å². The number of hydrogen-bond donors (Lipinski definition) is 1. The quantitative estimate of drug-likeness (QED) is 0.454. The zero-order chi connectivity index (χ0) is 22.3. The number of carbonyl (C=O) groups is 1. The second-order valence-corrected chi connectivity index (χ2v) is 8.43. The third-order valence-electron chi connectivity index (χ3n) is 5.89. The molecule has 0 saturated heterocycles. The fourth-order valence-electron chi connectivity index (χ4n) is 4.19. The van der Waals surface area contributed by atoms with E-state index in [9.17, 15) is 9.18 Å². The van der Waals surface area contributed by atoms with Gasteiger partial charge in [0, 0.05) is 30.4 Å². The maximum Gasteiger partial charge on any atom is 0.235 e. The highest BCUT2D eigenvalue weighted by Crippen LogP contribution is 2.47. The normalized spacial score (nSPS) is 17.2. The number of hydrogen-bond acceptors (Lipinski definition) is 4. The molecule has 5 rings (SSSR count). The van der Waals surface area contributed by atoms with Gasteiger partial charge in [0.2, 0.25) is 5.91 Å². The standard InChI is InChI=1S/C25H18ClFN4O/c1-25(11-15-12-29-14-30-13-15)20-9-18(17-2-3-22(27)21(26)10-17)8-19(23(20)31-24(25)32)16-4-6-28-7-5-16/h2-10,12-14H,11H2,1H3,(H,31,32). The minimum Gasteiger partial charge on any atom is -0.324 e. The molecule has 1 atom stereocenters. The van der Waals surface area contributed by atoms with Crippen LogP contribution in [-0.4, -0.2) is 20.9 Å². The van der Waals surface area contributed by atoms with Gasteiger partial charge in [0.05, 0.1) is 16.1 Å². The van der Waals surface area contributed by atoms with Crippen molar-refractivity contribution in [2.45, 2.75) is 18.8 Å². The number of benzene rings is 2. The summed E-state index contributed by atoms with van der Waals surface area (Å²) in [4.78, 5) is 25.5. The van der Waals surface area contributed by atoms with Gasteiger partial charge in [-0.25, -0.2) is 14.4 Å². The van der Waals surface area contributed by atoms with Crippen molar-refractivity contribution in [1.82, 2.24) is 15.0 Å². The molecule has 0 bridgehead atoms. The second-order valence-electron chi connectivity index (χ2n) is 8.02. The van der Waals surface area contributed by atoms with Gasteiger partial charge in [-0.05, 0) is 77.6 Å². The second kappa shape index (κ2) is 7.80. The monoisotopic (exact) mass is 444 g/mol. The first-order valence-electron chi connectivity index (χ1n) is 10.1. The summed E-state index contributed by atoms with van der Waals surface area (Å²) in [5, 5.41) is 3.14. The van der Waals surface area contributed by atoms with Crippen LogP contribution in [-0.2, 0) is 16.6 Å². The van der Waals surface area contributed by atoms with E-state index < -0.39 is 11.2 Å². The van der Waals surface area contributed by atoms with E-state index in [1.165, 1.54) is 12.4 Å². The molecule has 1 amide bonds. The summed E-state index contributed by atoms with van der Waals surface area (Å²) >= 11 is 6.06. The van der Waals surface area contributed by atoms with Crippen LogP contribution in [0.25, 0.3) is 22.3 Å². The van der Waals surface area contributed by atoms with Gasteiger partial charge in [-0.15, -0.1) is 0 Å². The fraction of sp³-hybridized carbons (Fsp3) is 0.120. The van der Waals surface area contributed by atoms with E-state index in [2.05, 4.69) is 20.3 Å². The lowest BCUT2D eigenvalue weighted by Crippen LogP contribution is -2.33. The lowest BCUT2D eigenvalue weighted by atomic mass is 9.77. The molecule has 7 heteroatoms. The van der Waals surface area contributed by atoms with Crippen LogP contribution < -0.4 is 5.32 Å². The van der Waals surface area contributed by atoms with E-state index in [0.717, 1.165) is 39.1 Å². The van der Waals surface area contributed by atoms with Gasteiger partial charge in [0.25, 0.3) is 0 Å². The van der Waals surface area contributed by atoms with Gasteiger partial charge >= 0.3 is 0 Å². The smallest absolute Gasteiger partial charge is 0.235 e. The number of nitrogens with one attached hydrogen (secondary N) is 1. The highest BCUT2D eigenvalue weighted by atomic mass is 35.5. The van der Waals surface area contributed by atoms with Crippen LogP contribution >= 0.6 is 11.6 Å². The molecule has 1 aliphatic heterocycles. The maximum absolute atomic E-state index is 13.8. The van der Waals surface area contributed by atoms with Gasteiger partial charge in [-0.3, -0.25) is 9.78 Å². The molecule has 1 aliphatic rings. The van der Waals surface area contributed by atoms with Gasteiger partial charge in [0.1, 0.15) is 12.1 Å². The molecule has 2 aromatic heterocycles. The Balaban J connectivity index is 1.73. The number of fused-ring (bicyclic) bond motifs is 1. The molecule has 0 radical (unpaired) electrons.